The van der Waals surface area contributed by atoms with Crippen molar-refractivity contribution in [2.24, 2.45) is 0 Å². The molecule has 0 aromatic heterocycles. The van der Waals surface area contributed by atoms with E-state index in [1.165, 1.54) is 6.08 Å². The Kier molecular flexibility index (Phi) is 3.77. The number of benzene rings is 1. The number of nitrogens with zero attached hydrogens (tertiary/aromatic N) is 1. The maximum absolute atomic E-state index is 12.2. The van der Waals surface area contributed by atoms with Crippen molar-refractivity contribution in [3.05, 3.63) is 48.0 Å². The van der Waals surface area contributed by atoms with E-state index >= 15 is 0 Å². The van der Waals surface area contributed by atoms with Crippen LogP contribution in [0.4, 0.5) is 0 Å². The molecule has 18 heavy (non-hydrogen) atoms. The molecule has 0 saturated heterocycles. The molecule has 1 heterocycles. The Morgan fingerprint density at radius 1 is 1.44 bits per heavy atom. The first-order valence-corrected chi connectivity index (χ1v) is 6.00. The summed E-state index contributed by atoms with van der Waals surface area (Å²) in [5, 5.41) is 2.67. The highest BCUT2D eigenvalue weighted by Gasteiger charge is 2.23. The number of amides is 2. The molecule has 0 saturated carbocycles. The molecule has 1 aliphatic rings. The first-order chi connectivity index (χ1) is 8.72. The van der Waals surface area contributed by atoms with E-state index in [-0.39, 0.29) is 11.8 Å². The van der Waals surface area contributed by atoms with Crippen LogP contribution in [0.3, 0.4) is 0 Å². The van der Waals surface area contributed by atoms with Gasteiger partial charge in [0, 0.05) is 25.2 Å². The third-order valence-electron chi connectivity index (χ3n) is 3.05. The number of carbonyl (C=O) groups excluding carboxylic acids is 2. The third kappa shape index (κ3) is 2.59. The molecule has 0 unspecified atom stereocenters. The zero-order valence-corrected chi connectivity index (χ0v) is 10.2. The molecule has 94 valence electrons. The molecule has 1 aromatic rings. The van der Waals surface area contributed by atoms with Gasteiger partial charge in [-0.1, -0.05) is 24.8 Å². The van der Waals surface area contributed by atoms with E-state index in [4.69, 9.17) is 0 Å². The maximum atomic E-state index is 12.2. The maximum Gasteiger partial charge on any atom is 0.254 e. The minimum atomic E-state index is -0.208. The zero-order chi connectivity index (χ0) is 13.0. The minimum Gasteiger partial charge on any atom is -0.351 e. The van der Waals surface area contributed by atoms with Crippen LogP contribution in [0.5, 0.6) is 0 Å². The topological polar surface area (TPSA) is 49.4 Å². The average Bonchev–Trinajstić information content (AvgIpc) is 2.41. The minimum absolute atomic E-state index is 0.0460. The van der Waals surface area contributed by atoms with E-state index in [2.05, 4.69) is 11.9 Å². The van der Waals surface area contributed by atoms with Crippen LogP contribution in [-0.4, -0.2) is 36.3 Å². The van der Waals surface area contributed by atoms with Gasteiger partial charge in [0.25, 0.3) is 5.91 Å². The van der Waals surface area contributed by atoms with E-state index in [1.807, 2.05) is 24.3 Å². The molecular formula is C14H16N2O2. The van der Waals surface area contributed by atoms with Gasteiger partial charge in [-0.15, -0.1) is 0 Å². The van der Waals surface area contributed by atoms with Gasteiger partial charge in [0.05, 0.1) is 0 Å². The molecular weight excluding hydrogens is 228 g/mol. The number of nitrogens with one attached hydrogen (secondary N) is 1. The average molecular weight is 244 g/mol. The molecule has 1 aromatic carbocycles. The number of carbonyl (C=O) groups is 2. The number of fused-ring (bicyclic) bond motifs is 1. The Morgan fingerprint density at radius 2 is 2.22 bits per heavy atom. The second-order valence-corrected chi connectivity index (χ2v) is 4.19. The quantitative estimate of drug-likeness (QED) is 0.803. The molecule has 4 heteroatoms. The number of hydrogen-bond donors (Lipinski definition) is 1. The highest BCUT2D eigenvalue weighted by atomic mass is 16.2. The lowest BCUT2D eigenvalue weighted by atomic mass is 9.99. The fourth-order valence-corrected chi connectivity index (χ4v) is 2.07. The van der Waals surface area contributed by atoms with Crippen LogP contribution in [0.25, 0.3) is 0 Å². The lowest BCUT2D eigenvalue weighted by molar-refractivity contribution is -0.116. The molecule has 0 fully saturated rings. The van der Waals surface area contributed by atoms with Crippen molar-refractivity contribution in [2.75, 3.05) is 19.6 Å². The van der Waals surface area contributed by atoms with Crippen molar-refractivity contribution in [1.82, 2.24) is 10.2 Å². The fourth-order valence-electron chi connectivity index (χ4n) is 2.07. The monoisotopic (exact) mass is 244 g/mol. The van der Waals surface area contributed by atoms with Gasteiger partial charge in [-0.3, -0.25) is 9.59 Å². The zero-order valence-electron chi connectivity index (χ0n) is 10.2. The van der Waals surface area contributed by atoms with Crippen LogP contribution in [0, 0.1) is 0 Å². The molecule has 0 aliphatic carbocycles. The Bertz CT molecular complexity index is 482. The lowest BCUT2D eigenvalue weighted by Crippen LogP contribution is -2.42. The van der Waals surface area contributed by atoms with Gasteiger partial charge in [-0.2, -0.15) is 0 Å². The summed E-state index contributed by atoms with van der Waals surface area (Å²) in [6, 6.07) is 7.67. The van der Waals surface area contributed by atoms with Crippen molar-refractivity contribution in [3.63, 3.8) is 0 Å². The van der Waals surface area contributed by atoms with Crippen LogP contribution in [0.2, 0.25) is 0 Å². The van der Waals surface area contributed by atoms with Crippen LogP contribution >= 0.6 is 0 Å². The molecule has 4 nitrogen and oxygen atoms in total. The highest BCUT2D eigenvalue weighted by molar-refractivity contribution is 5.96. The van der Waals surface area contributed by atoms with E-state index in [0.29, 0.717) is 19.6 Å². The standard InChI is InChI=1S/C14H16N2O2/c1-2-13(17)15-8-10-16-9-7-11-5-3-4-6-12(11)14(16)18/h2-6H,1,7-10H2,(H,15,17). The summed E-state index contributed by atoms with van der Waals surface area (Å²) in [7, 11) is 0. The molecule has 0 atom stereocenters. The van der Waals surface area contributed by atoms with Crippen molar-refractivity contribution < 1.29 is 9.59 Å². The normalized spacial score (nSPS) is 14.0. The first-order valence-electron chi connectivity index (χ1n) is 6.00. The van der Waals surface area contributed by atoms with Crippen LogP contribution in [-0.2, 0) is 11.2 Å². The first kappa shape index (κ1) is 12.4. The summed E-state index contributed by atoms with van der Waals surface area (Å²) in [6.45, 7) is 5.08. The summed E-state index contributed by atoms with van der Waals surface area (Å²) in [4.78, 5) is 24.9. The van der Waals surface area contributed by atoms with Gasteiger partial charge in [-0.25, -0.2) is 0 Å². The molecule has 2 amide bonds. The third-order valence-corrected chi connectivity index (χ3v) is 3.05. The van der Waals surface area contributed by atoms with Crippen LogP contribution in [0.15, 0.2) is 36.9 Å². The SMILES string of the molecule is C=CC(=O)NCCN1CCc2ccccc2C1=O. The Balaban J connectivity index is 1.95. The molecule has 2 rings (SSSR count). The predicted molar refractivity (Wildman–Crippen MR) is 69.3 cm³/mol. The largest absolute Gasteiger partial charge is 0.351 e. The number of rotatable bonds is 4. The predicted octanol–water partition coefficient (Wildman–Crippen LogP) is 0.987. The second kappa shape index (κ2) is 5.49. The van der Waals surface area contributed by atoms with Crippen molar-refractivity contribution in [3.8, 4) is 0 Å². The van der Waals surface area contributed by atoms with Gasteiger partial charge in [0.15, 0.2) is 0 Å². The van der Waals surface area contributed by atoms with E-state index in [1.54, 1.807) is 4.90 Å². The summed E-state index contributed by atoms with van der Waals surface area (Å²) in [6.07, 6.45) is 2.10. The summed E-state index contributed by atoms with van der Waals surface area (Å²) >= 11 is 0. The Hall–Kier alpha value is -2.10. The smallest absolute Gasteiger partial charge is 0.254 e. The van der Waals surface area contributed by atoms with Crippen molar-refractivity contribution >= 4 is 11.8 Å². The molecule has 1 N–H and O–H groups in total. The van der Waals surface area contributed by atoms with Crippen molar-refractivity contribution in [2.45, 2.75) is 6.42 Å². The molecule has 1 aliphatic heterocycles. The Labute approximate surface area is 106 Å². The van der Waals surface area contributed by atoms with Gasteiger partial charge < -0.3 is 10.2 Å². The summed E-state index contributed by atoms with van der Waals surface area (Å²) in [5.41, 5.74) is 1.88. The molecule has 0 spiro atoms. The van der Waals surface area contributed by atoms with Crippen molar-refractivity contribution in [1.29, 1.82) is 0 Å². The summed E-state index contributed by atoms with van der Waals surface area (Å²) in [5.74, 6) is -0.162. The van der Waals surface area contributed by atoms with E-state index in [0.717, 1.165) is 17.5 Å². The van der Waals surface area contributed by atoms with E-state index < -0.39 is 0 Å². The van der Waals surface area contributed by atoms with Gasteiger partial charge in [0.1, 0.15) is 0 Å². The van der Waals surface area contributed by atoms with Crippen LogP contribution < -0.4 is 5.32 Å². The Morgan fingerprint density at radius 3 is 3.00 bits per heavy atom. The number of hydrogen-bond acceptors (Lipinski definition) is 2. The van der Waals surface area contributed by atoms with Gasteiger partial charge in [-0.05, 0) is 24.1 Å². The van der Waals surface area contributed by atoms with Gasteiger partial charge >= 0.3 is 0 Å². The van der Waals surface area contributed by atoms with E-state index in [9.17, 15) is 9.59 Å². The lowest BCUT2D eigenvalue weighted by Gasteiger charge is -2.28. The van der Waals surface area contributed by atoms with Gasteiger partial charge in [0.2, 0.25) is 5.91 Å². The summed E-state index contributed by atoms with van der Waals surface area (Å²) < 4.78 is 0. The molecule has 0 radical (unpaired) electrons. The molecule has 0 bridgehead atoms. The highest BCUT2D eigenvalue weighted by Crippen LogP contribution is 2.17. The fraction of sp³-hybridized carbons (Fsp3) is 0.286. The van der Waals surface area contributed by atoms with Crippen LogP contribution in [0.1, 0.15) is 15.9 Å². The second-order valence-electron chi connectivity index (χ2n) is 4.19.